The molecule has 0 amide bonds. The van der Waals surface area contributed by atoms with Gasteiger partial charge < -0.3 is 9.04 Å². The Labute approximate surface area is 225 Å². The maximum atomic E-state index is 14.0. The van der Waals surface area contributed by atoms with Crippen molar-refractivity contribution in [1.82, 2.24) is 4.72 Å². The van der Waals surface area contributed by atoms with Crippen molar-refractivity contribution in [3.05, 3.63) is 0 Å². The Bertz CT molecular complexity index is 1170. The van der Waals surface area contributed by atoms with Crippen LogP contribution < -0.4 is 4.72 Å². The number of rotatable bonds is 16. The van der Waals surface area contributed by atoms with E-state index in [1.807, 2.05) is 0 Å². The third-order valence-corrected chi connectivity index (χ3v) is 7.73. The van der Waals surface area contributed by atoms with Crippen molar-refractivity contribution < 1.29 is 101 Å². The molecule has 0 heterocycles. The summed E-state index contributed by atoms with van der Waals surface area (Å²) in [4.78, 5) is 0. The van der Waals surface area contributed by atoms with E-state index in [0.29, 0.717) is 4.72 Å². The second-order valence-corrected chi connectivity index (χ2v) is 12.5. The van der Waals surface area contributed by atoms with E-state index in [1.54, 1.807) is 0 Å². The van der Waals surface area contributed by atoms with E-state index in [9.17, 15) is 96.0 Å². The first-order valence-electron chi connectivity index (χ1n) is 10.4. The van der Waals surface area contributed by atoms with E-state index in [1.165, 1.54) is 14.1 Å². The van der Waals surface area contributed by atoms with Gasteiger partial charge in [-0.25, -0.2) is 21.6 Å². The molecular formula is C16H19F17N2O5S2. The van der Waals surface area contributed by atoms with Crippen LogP contribution in [0, 0.1) is 0 Å². The highest BCUT2D eigenvalue weighted by Crippen LogP contribution is 2.64. The first-order valence-corrected chi connectivity index (χ1v) is 13.4. The van der Waals surface area contributed by atoms with Crippen molar-refractivity contribution in [2.45, 2.75) is 59.8 Å². The van der Waals surface area contributed by atoms with Gasteiger partial charge in [-0.05, 0) is 0 Å². The molecule has 0 bridgehead atoms. The van der Waals surface area contributed by atoms with Crippen LogP contribution in [0.25, 0.3) is 0 Å². The molecule has 0 aliphatic heterocycles. The highest BCUT2D eigenvalue weighted by Gasteiger charge is 2.96. The predicted octanol–water partition coefficient (Wildman–Crippen LogP) is 4.27. The molecule has 0 aromatic rings. The van der Waals surface area contributed by atoms with Crippen LogP contribution in [0.1, 0.15) is 12.8 Å². The summed E-state index contributed by atoms with van der Waals surface area (Å²) in [6.45, 7) is -1.99. The zero-order valence-corrected chi connectivity index (χ0v) is 22.1. The molecule has 0 atom stereocenters. The first kappa shape index (κ1) is 40.6. The van der Waals surface area contributed by atoms with E-state index in [-0.39, 0.29) is 24.0 Å². The summed E-state index contributed by atoms with van der Waals surface area (Å²) < 4.78 is 281. The van der Waals surface area contributed by atoms with Gasteiger partial charge >= 0.3 is 47.0 Å². The highest BCUT2D eigenvalue weighted by atomic mass is 32.2. The van der Waals surface area contributed by atoms with Crippen LogP contribution in [-0.4, -0.2) is 112 Å². The summed E-state index contributed by atoms with van der Waals surface area (Å²) in [6, 6.07) is 0. The molecule has 0 saturated carbocycles. The fraction of sp³-hybridized carbons (Fsp3) is 1.00. The van der Waals surface area contributed by atoms with E-state index >= 15 is 0 Å². The number of hydrogen-bond donors (Lipinski definition) is 1. The van der Waals surface area contributed by atoms with Crippen molar-refractivity contribution in [3.8, 4) is 0 Å². The molecule has 0 aromatic carbocycles. The summed E-state index contributed by atoms with van der Waals surface area (Å²) in [6.07, 6.45) is -8.94. The smallest absolute Gasteiger partial charge is 0.460 e. The number of hydrogen-bond acceptors (Lipinski definition) is 5. The van der Waals surface area contributed by atoms with E-state index < -0.39 is 85.8 Å². The average Bonchev–Trinajstić information content (AvgIpc) is 2.73. The Hall–Kier alpha value is -1.41. The maximum Gasteiger partial charge on any atom is 0.460 e. The number of nitrogens with zero attached hydrogens (tertiary/aromatic N) is 1. The van der Waals surface area contributed by atoms with Gasteiger partial charge in [-0.1, -0.05) is 0 Å². The van der Waals surface area contributed by atoms with Gasteiger partial charge in [-0.2, -0.15) is 74.6 Å². The van der Waals surface area contributed by atoms with Crippen molar-refractivity contribution in [3.63, 3.8) is 0 Å². The minimum atomic E-state index is -8.90. The van der Waals surface area contributed by atoms with Crippen molar-refractivity contribution in [2.75, 3.05) is 39.5 Å². The van der Waals surface area contributed by atoms with Gasteiger partial charge in [-0.3, -0.25) is 0 Å². The second kappa shape index (κ2) is 11.5. The zero-order chi connectivity index (χ0) is 34.4. The Morgan fingerprint density at radius 1 is 0.571 bits per heavy atom. The predicted molar refractivity (Wildman–Crippen MR) is 103 cm³/mol. The van der Waals surface area contributed by atoms with Crippen molar-refractivity contribution in [1.29, 1.82) is 0 Å². The van der Waals surface area contributed by atoms with E-state index in [2.05, 4.69) is 0 Å². The lowest BCUT2D eigenvalue weighted by Gasteiger charge is -2.42. The standard InChI is InChI=1S/C16H19F17N2O5S2/c1-35(2,7-4-8-41(36,37)38)6-3-5-34-42(39,40)16(32,33)14(27,28)12(23,24)10(19,20)9(17,18)11(21,22)13(25,26)15(29,30)31/h34H,3-8H2,1-2H3. The van der Waals surface area contributed by atoms with Gasteiger partial charge in [0.25, 0.3) is 10.0 Å². The number of nitrogens with one attached hydrogen (secondary N) is 1. The van der Waals surface area contributed by atoms with Crippen LogP contribution in [0.4, 0.5) is 74.6 Å². The summed E-state index contributed by atoms with van der Waals surface area (Å²) in [5.74, 6) is -52.9. The van der Waals surface area contributed by atoms with Gasteiger partial charge in [-0.15, -0.1) is 0 Å². The summed E-state index contributed by atoms with van der Waals surface area (Å²) in [7, 11) is -9.54. The Morgan fingerprint density at radius 3 is 1.26 bits per heavy atom. The van der Waals surface area contributed by atoms with Crippen LogP contribution in [0.15, 0.2) is 0 Å². The van der Waals surface area contributed by atoms with E-state index in [4.69, 9.17) is 0 Å². The maximum absolute atomic E-state index is 14.0. The molecule has 0 rings (SSSR count). The lowest BCUT2D eigenvalue weighted by molar-refractivity contribution is -0.890. The molecule has 0 aromatic heterocycles. The number of halogens is 17. The normalized spacial score (nSPS) is 16.2. The minimum Gasteiger partial charge on any atom is -0.748 e. The molecule has 0 unspecified atom stereocenters. The molecule has 26 heteroatoms. The summed E-state index contributed by atoms with van der Waals surface area (Å²) in [5, 5.41) is -7.64. The fourth-order valence-corrected chi connectivity index (χ4v) is 4.45. The third-order valence-electron chi connectivity index (χ3n) is 5.42. The Kier molecular flexibility index (Phi) is 11.1. The van der Waals surface area contributed by atoms with Gasteiger partial charge in [0.05, 0.1) is 37.3 Å². The van der Waals surface area contributed by atoms with E-state index in [0.717, 1.165) is 0 Å². The van der Waals surface area contributed by atoms with Crippen molar-refractivity contribution >= 4 is 20.1 Å². The Morgan fingerprint density at radius 2 is 0.905 bits per heavy atom. The monoisotopic (exact) mass is 706 g/mol. The number of alkyl halides is 17. The number of quaternary nitrogens is 1. The van der Waals surface area contributed by atoms with Crippen molar-refractivity contribution in [2.24, 2.45) is 0 Å². The van der Waals surface area contributed by atoms with Gasteiger partial charge in [0.2, 0.25) is 0 Å². The second-order valence-electron chi connectivity index (χ2n) is 9.21. The minimum absolute atomic E-state index is 0.171. The first-order chi connectivity index (χ1) is 17.9. The third kappa shape index (κ3) is 7.11. The quantitative estimate of drug-likeness (QED) is 0.112. The lowest BCUT2D eigenvalue weighted by atomic mass is 9.91. The average molecular weight is 706 g/mol. The van der Waals surface area contributed by atoms with Crippen LogP contribution in [0.3, 0.4) is 0 Å². The van der Waals surface area contributed by atoms with Gasteiger partial charge in [0.15, 0.2) is 0 Å². The molecule has 7 nitrogen and oxygen atoms in total. The SMILES string of the molecule is C[N+](C)(CCCNS(=O)(=O)C(F)(F)C(F)(F)C(F)(F)C(F)(F)C(F)(F)C(F)(F)C(F)(F)C(F)(F)F)CCCS(=O)(=O)[O-]. The topological polar surface area (TPSA) is 103 Å². The molecule has 0 aliphatic carbocycles. The molecule has 0 aliphatic rings. The molecule has 0 fully saturated rings. The summed E-state index contributed by atoms with van der Waals surface area (Å²) >= 11 is 0. The largest absolute Gasteiger partial charge is 0.748 e. The molecule has 1 N–H and O–H groups in total. The highest BCUT2D eigenvalue weighted by molar-refractivity contribution is 7.90. The molecule has 42 heavy (non-hydrogen) atoms. The van der Waals surface area contributed by atoms with Gasteiger partial charge in [0, 0.05) is 25.1 Å². The Balaban J connectivity index is 6.14. The van der Waals surface area contributed by atoms with Crippen LogP contribution >= 0.6 is 0 Å². The van der Waals surface area contributed by atoms with Crippen LogP contribution in [0.2, 0.25) is 0 Å². The van der Waals surface area contributed by atoms with Crippen LogP contribution in [0.5, 0.6) is 0 Å². The molecule has 0 saturated heterocycles. The fourth-order valence-electron chi connectivity index (χ4n) is 2.90. The molecule has 0 spiro atoms. The lowest BCUT2D eigenvalue weighted by Crippen LogP contribution is -2.75. The summed E-state index contributed by atoms with van der Waals surface area (Å²) in [5.41, 5.74) is 0. The molecular weight excluding hydrogens is 687 g/mol. The van der Waals surface area contributed by atoms with Crippen LogP contribution in [-0.2, 0) is 20.1 Å². The number of sulfonamides is 1. The molecule has 254 valence electrons. The zero-order valence-electron chi connectivity index (χ0n) is 20.5. The van der Waals surface area contributed by atoms with Gasteiger partial charge in [0.1, 0.15) is 0 Å². The molecule has 0 radical (unpaired) electrons.